The quantitative estimate of drug-likeness (QED) is 0.402. The Morgan fingerprint density at radius 1 is 1.16 bits per heavy atom. The molecule has 1 aliphatic heterocycles. The van der Waals surface area contributed by atoms with Gasteiger partial charge in [0.05, 0.1) is 19.3 Å². The molecule has 1 N–H and O–H groups in total. The van der Waals surface area contributed by atoms with Crippen LogP contribution in [0.1, 0.15) is 40.0 Å². The van der Waals surface area contributed by atoms with Crippen LogP contribution in [0.2, 0.25) is 0 Å². The molecular formula is C15H23N3O7. The number of hydrogen-bond donors (Lipinski definition) is 1. The zero-order chi connectivity index (χ0) is 19.0. The number of rotatable bonds is 7. The molecule has 1 fully saturated rings. The molecular weight excluding hydrogens is 334 g/mol. The zero-order valence-corrected chi connectivity index (χ0v) is 14.5. The van der Waals surface area contributed by atoms with E-state index in [1.807, 2.05) is 0 Å². The van der Waals surface area contributed by atoms with Gasteiger partial charge in [-0.3, -0.25) is 14.5 Å². The maximum Gasteiger partial charge on any atom is 0.429 e. The Kier molecular flexibility index (Phi) is 7.83. The lowest BCUT2D eigenvalue weighted by Gasteiger charge is -2.35. The lowest BCUT2D eigenvalue weighted by atomic mass is 10.0. The third-order valence-electron chi connectivity index (χ3n) is 3.62. The molecule has 2 atom stereocenters. The Bertz CT molecular complexity index is 521. The van der Waals surface area contributed by atoms with Crippen molar-refractivity contribution >= 4 is 30.3 Å². The molecule has 0 aliphatic carbocycles. The number of aldehydes is 1. The van der Waals surface area contributed by atoms with Gasteiger partial charge in [0.25, 0.3) is 0 Å². The van der Waals surface area contributed by atoms with E-state index in [4.69, 9.17) is 9.47 Å². The first kappa shape index (κ1) is 20.4. The minimum absolute atomic E-state index is 0.00375. The van der Waals surface area contributed by atoms with Crippen LogP contribution in [0.3, 0.4) is 0 Å². The van der Waals surface area contributed by atoms with Gasteiger partial charge in [-0.15, -0.1) is 0 Å². The average molecular weight is 357 g/mol. The van der Waals surface area contributed by atoms with E-state index in [1.165, 1.54) is 0 Å². The molecule has 0 aromatic carbocycles. The van der Waals surface area contributed by atoms with Gasteiger partial charge in [0.15, 0.2) is 0 Å². The number of carbonyl (C=O) groups is 5. The standard InChI is InChI=1S/C15H23N3O7/c1-4-10(17-12(20)7-8-13(17)21)11(9-19)18(15(23)25-6-3)16-14(22)24-5-2/h9-11H,4-8H2,1-3H3,(H,16,22)/t10-,11-/m1/s1. The van der Waals surface area contributed by atoms with E-state index in [0.717, 1.165) is 4.90 Å². The summed E-state index contributed by atoms with van der Waals surface area (Å²) in [5.74, 6) is -0.854. The largest absolute Gasteiger partial charge is 0.449 e. The van der Waals surface area contributed by atoms with Crippen molar-refractivity contribution in [1.29, 1.82) is 0 Å². The predicted molar refractivity (Wildman–Crippen MR) is 84.0 cm³/mol. The first-order chi connectivity index (χ1) is 11.9. The van der Waals surface area contributed by atoms with Gasteiger partial charge in [0.2, 0.25) is 11.8 Å². The summed E-state index contributed by atoms with van der Waals surface area (Å²) in [5.41, 5.74) is 2.14. The number of hydrogen-bond acceptors (Lipinski definition) is 7. The summed E-state index contributed by atoms with van der Waals surface area (Å²) < 4.78 is 9.56. The average Bonchev–Trinajstić information content (AvgIpc) is 2.90. The number of ether oxygens (including phenoxy) is 2. The van der Waals surface area contributed by atoms with E-state index in [0.29, 0.717) is 11.3 Å². The van der Waals surface area contributed by atoms with Crippen LogP contribution in [0.25, 0.3) is 0 Å². The summed E-state index contributed by atoms with van der Waals surface area (Å²) in [7, 11) is 0. The molecule has 0 radical (unpaired) electrons. The van der Waals surface area contributed by atoms with Crippen molar-refractivity contribution in [2.24, 2.45) is 0 Å². The fourth-order valence-corrected chi connectivity index (χ4v) is 2.56. The van der Waals surface area contributed by atoms with Gasteiger partial charge in [0.1, 0.15) is 12.3 Å². The van der Waals surface area contributed by atoms with Crippen LogP contribution < -0.4 is 5.43 Å². The minimum Gasteiger partial charge on any atom is -0.449 e. The Morgan fingerprint density at radius 2 is 1.72 bits per heavy atom. The summed E-state index contributed by atoms with van der Waals surface area (Å²) >= 11 is 0. The molecule has 1 rings (SSSR count). The van der Waals surface area contributed by atoms with E-state index in [2.05, 4.69) is 5.43 Å². The molecule has 0 spiro atoms. The lowest BCUT2D eigenvalue weighted by Crippen LogP contribution is -2.61. The molecule has 1 saturated heterocycles. The third kappa shape index (κ3) is 4.91. The van der Waals surface area contributed by atoms with Gasteiger partial charge >= 0.3 is 12.2 Å². The summed E-state index contributed by atoms with van der Waals surface area (Å²) in [6.07, 6.45) is -1.27. The van der Waals surface area contributed by atoms with Crippen LogP contribution in [0, 0.1) is 0 Å². The maximum atomic E-state index is 12.2. The van der Waals surface area contributed by atoms with Crippen LogP contribution in [-0.2, 0) is 23.9 Å². The number of nitrogens with zero attached hydrogens (tertiary/aromatic N) is 2. The number of nitrogens with one attached hydrogen (secondary N) is 1. The third-order valence-corrected chi connectivity index (χ3v) is 3.62. The monoisotopic (exact) mass is 357 g/mol. The highest BCUT2D eigenvalue weighted by molar-refractivity contribution is 6.02. The van der Waals surface area contributed by atoms with Crippen LogP contribution in [0.4, 0.5) is 9.59 Å². The zero-order valence-electron chi connectivity index (χ0n) is 14.5. The van der Waals surface area contributed by atoms with Gasteiger partial charge in [-0.2, -0.15) is 0 Å². The Balaban J connectivity index is 3.13. The Hall–Kier alpha value is -2.65. The number of hydrazine groups is 1. The Labute approximate surface area is 145 Å². The SMILES string of the molecule is CCOC(=O)NN(C(=O)OCC)[C@H](C=O)[C@@H](CC)N1C(=O)CCC1=O. The van der Waals surface area contributed by atoms with Crippen LogP contribution in [-0.4, -0.2) is 65.5 Å². The summed E-state index contributed by atoms with van der Waals surface area (Å²) in [6.45, 7) is 4.84. The normalized spacial score (nSPS) is 16.2. The van der Waals surface area contributed by atoms with Crippen LogP contribution in [0.15, 0.2) is 0 Å². The van der Waals surface area contributed by atoms with Crippen molar-refractivity contribution in [3.05, 3.63) is 0 Å². The molecule has 4 amide bonds. The maximum absolute atomic E-state index is 12.2. The van der Waals surface area contributed by atoms with E-state index in [1.54, 1.807) is 20.8 Å². The Morgan fingerprint density at radius 3 is 2.16 bits per heavy atom. The first-order valence-electron chi connectivity index (χ1n) is 8.10. The molecule has 1 heterocycles. The lowest BCUT2D eigenvalue weighted by molar-refractivity contribution is -0.143. The van der Waals surface area contributed by atoms with Crippen LogP contribution >= 0.6 is 0 Å². The van der Waals surface area contributed by atoms with E-state index in [9.17, 15) is 24.0 Å². The molecule has 10 nitrogen and oxygen atoms in total. The molecule has 0 saturated carbocycles. The van der Waals surface area contributed by atoms with Crippen molar-refractivity contribution in [3.63, 3.8) is 0 Å². The number of imide groups is 1. The highest BCUT2D eigenvalue weighted by Crippen LogP contribution is 2.21. The molecule has 0 bridgehead atoms. The van der Waals surface area contributed by atoms with Gasteiger partial charge in [-0.25, -0.2) is 20.0 Å². The van der Waals surface area contributed by atoms with Gasteiger partial charge < -0.3 is 14.3 Å². The fraction of sp³-hybridized carbons (Fsp3) is 0.667. The number of likely N-dealkylation sites (tertiary alicyclic amines) is 1. The second-order valence-corrected chi connectivity index (χ2v) is 5.16. The first-order valence-corrected chi connectivity index (χ1v) is 8.10. The molecule has 140 valence electrons. The molecule has 0 aromatic rings. The van der Waals surface area contributed by atoms with Crippen molar-refractivity contribution in [3.8, 4) is 0 Å². The highest BCUT2D eigenvalue weighted by Gasteiger charge is 2.42. The second kappa shape index (κ2) is 9.60. The van der Waals surface area contributed by atoms with Crippen molar-refractivity contribution < 1.29 is 33.4 Å². The van der Waals surface area contributed by atoms with E-state index >= 15 is 0 Å². The topological polar surface area (TPSA) is 122 Å². The molecule has 10 heteroatoms. The summed E-state index contributed by atoms with van der Waals surface area (Å²) in [5, 5.41) is 0.654. The minimum atomic E-state index is -1.31. The smallest absolute Gasteiger partial charge is 0.429 e. The highest BCUT2D eigenvalue weighted by atomic mass is 16.6. The number of carbonyl (C=O) groups excluding carboxylic acids is 5. The molecule has 1 aliphatic rings. The van der Waals surface area contributed by atoms with Gasteiger partial charge in [-0.1, -0.05) is 6.92 Å². The van der Waals surface area contributed by atoms with Crippen molar-refractivity contribution in [1.82, 2.24) is 15.3 Å². The molecule has 0 aromatic heterocycles. The summed E-state index contributed by atoms with van der Waals surface area (Å²) in [4.78, 5) is 60.5. The van der Waals surface area contributed by atoms with Crippen molar-refractivity contribution in [2.75, 3.05) is 13.2 Å². The predicted octanol–water partition coefficient (Wildman–Crippen LogP) is 0.601. The van der Waals surface area contributed by atoms with Crippen LogP contribution in [0.5, 0.6) is 0 Å². The summed E-state index contributed by atoms with van der Waals surface area (Å²) in [6, 6.07) is -2.23. The molecule has 0 unspecified atom stereocenters. The van der Waals surface area contributed by atoms with Gasteiger partial charge in [0, 0.05) is 12.8 Å². The number of amides is 4. The molecule has 25 heavy (non-hydrogen) atoms. The van der Waals surface area contributed by atoms with Crippen molar-refractivity contribution in [2.45, 2.75) is 52.1 Å². The fourth-order valence-electron chi connectivity index (χ4n) is 2.56. The second-order valence-electron chi connectivity index (χ2n) is 5.16. The van der Waals surface area contributed by atoms with Gasteiger partial charge in [-0.05, 0) is 20.3 Å². The van der Waals surface area contributed by atoms with E-state index < -0.39 is 36.1 Å². The van der Waals surface area contributed by atoms with E-state index in [-0.39, 0.29) is 32.5 Å².